The summed E-state index contributed by atoms with van der Waals surface area (Å²) in [5, 5.41) is 16.3. The molecule has 1 aliphatic heterocycles. The number of thiazole rings is 1. The van der Waals surface area contributed by atoms with Crippen molar-refractivity contribution in [2.75, 3.05) is 38.2 Å². The van der Waals surface area contributed by atoms with Gasteiger partial charge in [0.2, 0.25) is 10.8 Å². The van der Waals surface area contributed by atoms with Gasteiger partial charge < -0.3 is 14.7 Å². The number of halogens is 1. The highest BCUT2D eigenvalue weighted by Gasteiger charge is 2.33. The van der Waals surface area contributed by atoms with Gasteiger partial charge in [0.25, 0.3) is 0 Å². The summed E-state index contributed by atoms with van der Waals surface area (Å²) in [4.78, 5) is 10.8. The number of anilines is 1. The van der Waals surface area contributed by atoms with E-state index in [1.54, 1.807) is 11.6 Å². The first-order valence-electron chi connectivity index (χ1n) is 11.0. The van der Waals surface area contributed by atoms with Crippen molar-refractivity contribution in [3.8, 4) is 11.6 Å². The maximum atomic E-state index is 11.1. The maximum Gasteiger partial charge on any atom is 0.230 e. The van der Waals surface area contributed by atoms with E-state index in [1.807, 2.05) is 43.3 Å². The maximum absolute atomic E-state index is 11.1. The van der Waals surface area contributed by atoms with Gasteiger partial charge in [0, 0.05) is 43.3 Å². The molecule has 2 aromatic carbocycles. The minimum Gasteiger partial charge on any atom is -0.497 e. The van der Waals surface area contributed by atoms with Crippen LogP contribution in [0.4, 0.5) is 5.69 Å². The monoisotopic (exact) mass is 483 g/mol. The van der Waals surface area contributed by atoms with Crippen molar-refractivity contribution >= 4 is 33.6 Å². The summed E-state index contributed by atoms with van der Waals surface area (Å²) in [6.45, 7) is 5.40. The molecule has 4 aromatic rings. The molecule has 0 radical (unpaired) electrons. The van der Waals surface area contributed by atoms with Crippen LogP contribution in [-0.2, 0) is 6.42 Å². The van der Waals surface area contributed by atoms with E-state index in [1.165, 1.54) is 17.0 Å². The van der Waals surface area contributed by atoms with Gasteiger partial charge in [-0.1, -0.05) is 48.1 Å². The third-order valence-electron chi connectivity index (χ3n) is 6.12. The number of nitrogens with zero attached hydrogens (tertiary/aromatic N) is 5. The van der Waals surface area contributed by atoms with Crippen molar-refractivity contribution in [2.24, 2.45) is 0 Å². The van der Waals surface area contributed by atoms with Crippen LogP contribution in [0.2, 0.25) is 5.02 Å². The second-order valence-corrected chi connectivity index (χ2v) is 9.43. The molecule has 1 atom stereocenters. The van der Waals surface area contributed by atoms with Crippen LogP contribution in [0, 0.1) is 0 Å². The van der Waals surface area contributed by atoms with Gasteiger partial charge in [0.15, 0.2) is 5.82 Å². The van der Waals surface area contributed by atoms with Crippen molar-refractivity contribution < 1.29 is 9.84 Å². The Balaban J connectivity index is 1.45. The quantitative estimate of drug-likeness (QED) is 0.431. The largest absolute Gasteiger partial charge is 0.497 e. The molecule has 1 unspecified atom stereocenters. The van der Waals surface area contributed by atoms with E-state index < -0.39 is 0 Å². The van der Waals surface area contributed by atoms with Gasteiger partial charge in [-0.15, -0.1) is 5.10 Å². The molecule has 172 valence electrons. The molecule has 1 fully saturated rings. The lowest BCUT2D eigenvalue weighted by molar-refractivity contribution is 0.211. The van der Waals surface area contributed by atoms with Crippen LogP contribution in [0.5, 0.6) is 11.6 Å². The standard InChI is InChI=1S/C24H26ClN5O2S/c1-3-20-26-24-30(27-20)23(31)22(33-24)21(18-6-4-5-7-19(18)25)29-14-12-28(13-15-29)16-8-10-17(32-2)11-9-16/h4-11,21,31H,3,12-15H2,1-2H3. The normalized spacial score (nSPS) is 15.8. The van der Waals surface area contributed by atoms with Crippen LogP contribution >= 0.6 is 22.9 Å². The molecule has 1 aliphatic rings. The van der Waals surface area contributed by atoms with Crippen LogP contribution in [0.25, 0.3) is 4.96 Å². The van der Waals surface area contributed by atoms with Crippen molar-refractivity contribution in [3.05, 3.63) is 69.8 Å². The summed E-state index contributed by atoms with van der Waals surface area (Å²) in [6.07, 6.45) is 0.727. The van der Waals surface area contributed by atoms with Crippen molar-refractivity contribution in [1.29, 1.82) is 0 Å². The summed E-state index contributed by atoms with van der Waals surface area (Å²) in [5.74, 6) is 1.73. The topological polar surface area (TPSA) is 66.1 Å². The average Bonchev–Trinajstić information content (AvgIpc) is 3.40. The second kappa shape index (κ2) is 9.21. The lowest BCUT2D eigenvalue weighted by atomic mass is 10.0. The van der Waals surface area contributed by atoms with Crippen LogP contribution in [0.1, 0.15) is 29.2 Å². The zero-order valence-electron chi connectivity index (χ0n) is 18.6. The average molecular weight is 484 g/mol. The molecule has 0 spiro atoms. The molecule has 9 heteroatoms. The van der Waals surface area contributed by atoms with Gasteiger partial charge in [0.1, 0.15) is 5.75 Å². The SMILES string of the molecule is CCc1nc2sc(C(c3ccccc3Cl)N3CCN(c4ccc(OC)cc4)CC3)c(O)n2n1. The Morgan fingerprint density at radius 3 is 2.45 bits per heavy atom. The number of hydrogen-bond donors (Lipinski definition) is 1. The van der Waals surface area contributed by atoms with E-state index in [2.05, 4.69) is 32.0 Å². The fraction of sp³-hybridized carbons (Fsp3) is 0.333. The Morgan fingerprint density at radius 1 is 1.09 bits per heavy atom. The lowest BCUT2D eigenvalue weighted by Crippen LogP contribution is -2.47. The first-order valence-corrected chi connectivity index (χ1v) is 12.2. The van der Waals surface area contributed by atoms with Crippen LogP contribution in [0.15, 0.2) is 48.5 Å². The minimum absolute atomic E-state index is 0.143. The summed E-state index contributed by atoms with van der Waals surface area (Å²) in [5.41, 5.74) is 2.16. The fourth-order valence-corrected chi connectivity index (χ4v) is 5.72. The third kappa shape index (κ3) is 4.14. The fourth-order valence-electron chi connectivity index (χ4n) is 4.35. The summed E-state index contributed by atoms with van der Waals surface area (Å²) in [7, 11) is 1.68. The molecule has 5 rings (SSSR count). The number of hydrogen-bond acceptors (Lipinski definition) is 7. The number of aryl methyl sites for hydroxylation is 1. The highest BCUT2D eigenvalue weighted by Crippen LogP contribution is 2.42. The number of rotatable bonds is 6. The molecular weight excluding hydrogens is 458 g/mol. The molecule has 0 aliphatic carbocycles. The van der Waals surface area contributed by atoms with Crippen molar-refractivity contribution in [3.63, 3.8) is 0 Å². The smallest absolute Gasteiger partial charge is 0.230 e. The number of benzene rings is 2. The summed E-state index contributed by atoms with van der Waals surface area (Å²) in [6, 6.07) is 15.9. The van der Waals surface area contributed by atoms with Gasteiger partial charge in [-0.25, -0.2) is 4.98 Å². The molecule has 33 heavy (non-hydrogen) atoms. The Labute approximate surface area is 201 Å². The lowest BCUT2D eigenvalue weighted by Gasteiger charge is -2.40. The predicted octanol–water partition coefficient (Wildman–Crippen LogP) is 4.63. The van der Waals surface area contributed by atoms with E-state index in [9.17, 15) is 5.11 Å². The van der Waals surface area contributed by atoms with Gasteiger partial charge in [-0.05, 0) is 35.9 Å². The van der Waals surface area contributed by atoms with Crippen LogP contribution in [-0.4, -0.2) is 57.9 Å². The van der Waals surface area contributed by atoms with Crippen molar-refractivity contribution in [2.45, 2.75) is 19.4 Å². The molecule has 3 heterocycles. The molecule has 1 N–H and O–H groups in total. The highest BCUT2D eigenvalue weighted by molar-refractivity contribution is 7.17. The van der Waals surface area contributed by atoms with E-state index in [4.69, 9.17) is 16.3 Å². The van der Waals surface area contributed by atoms with Crippen LogP contribution < -0.4 is 9.64 Å². The predicted molar refractivity (Wildman–Crippen MR) is 132 cm³/mol. The van der Waals surface area contributed by atoms with E-state index in [0.717, 1.165) is 54.6 Å². The van der Waals surface area contributed by atoms with Crippen LogP contribution in [0.3, 0.4) is 0 Å². The van der Waals surface area contributed by atoms with Gasteiger partial charge in [-0.3, -0.25) is 4.90 Å². The van der Waals surface area contributed by atoms with Gasteiger partial charge >= 0.3 is 0 Å². The number of piperazine rings is 1. The van der Waals surface area contributed by atoms with E-state index >= 15 is 0 Å². The molecule has 1 saturated heterocycles. The van der Waals surface area contributed by atoms with Gasteiger partial charge in [0.05, 0.1) is 18.0 Å². The van der Waals surface area contributed by atoms with E-state index in [0.29, 0.717) is 9.98 Å². The molecule has 2 aromatic heterocycles. The zero-order chi connectivity index (χ0) is 22.9. The molecule has 0 bridgehead atoms. The number of aromatic nitrogens is 3. The Bertz CT molecular complexity index is 1250. The zero-order valence-corrected chi connectivity index (χ0v) is 20.2. The first kappa shape index (κ1) is 22.0. The summed E-state index contributed by atoms with van der Waals surface area (Å²) >= 11 is 8.13. The molecule has 0 amide bonds. The molecule has 7 nitrogen and oxygen atoms in total. The third-order valence-corrected chi connectivity index (χ3v) is 7.54. The van der Waals surface area contributed by atoms with Gasteiger partial charge in [-0.2, -0.15) is 4.52 Å². The first-order chi connectivity index (χ1) is 16.1. The van der Waals surface area contributed by atoms with E-state index in [-0.39, 0.29) is 11.9 Å². The molecular formula is C24H26ClN5O2S. The second-order valence-electron chi connectivity index (χ2n) is 8.01. The summed E-state index contributed by atoms with van der Waals surface area (Å²) < 4.78 is 6.84. The molecule has 0 saturated carbocycles. The van der Waals surface area contributed by atoms with Crippen molar-refractivity contribution in [1.82, 2.24) is 19.5 Å². The Morgan fingerprint density at radius 2 is 1.82 bits per heavy atom. The Kier molecular flexibility index (Phi) is 6.14. The number of ether oxygens (including phenoxy) is 1. The minimum atomic E-state index is -0.171. The number of aromatic hydroxyl groups is 1. The number of methoxy groups -OCH3 is 1. The Hall–Kier alpha value is -2.81. The highest BCUT2D eigenvalue weighted by atomic mass is 35.5. The number of fused-ring (bicyclic) bond motifs is 1.